The highest BCUT2D eigenvalue weighted by Crippen LogP contribution is 2.27. The molecule has 5 N–H and O–H groups in total. The highest BCUT2D eigenvalue weighted by atomic mass is 16.5. The van der Waals surface area contributed by atoms with Crippen molar-refractivity contribution in [3.8, 4) is 5.75 Å². The Morgan fingerprint density at radius 1 is 1.20 bits per heavy atom. The summed E-state index contributed by atoms with van der Waals surface area (Å²) in [6.07, 6.45) is -0.146. The number of hydrogen-bond donors (Lipinski definition) is 4. The molecule has 2 heterocycles. The van der Waals surface area contributed by atoms with E-state index in [0.29, 0.717) is 28.1 Å². The van der Waals surface area contributed by atoms with Crippen molar-refractivity contribution in [2.45, 2.75) is 19.3 Å². The number of carbonyl (C=O) groups is 1. The largest absolute Gasteiger partial charge is 0.497 e. The van der Waals surface area contributed by atoms with Gasteiger partial charge in [-0.2, -0.15) is 0 Å². The zero-order valence-electron chi connectivity index (χ0n) is 13.8. The smallest absolute Gasteiger partial charge is 0.267 e. The Balaban J connectivity index is 2.22. The van der Waals surface area contributed by atoms with Gasteiger partial charge in [0, 0.05) is 35.2 Å². The van der Waals surface area contributed by atoms with E-state index in [9.17, 15) is 14.4 Å². The standard InChI is InChI=1S/C17H18N4O4/c1-8-15(17(24)21-20-8)11(7-14(18)22)12-5-9-3-4-10(25-2)6-13(9)19-16(12)23/h3-6,11H,7H2,1-2H3,(H2,18,22)(H,19,23)(H2,20,21,24). The number of aromatic amines is 3. The molecule has 25 heavy (non-hydrogen) atoms. The van der Waals surface area contributed by atoms with Crippen LogP contribution < -0.4 is 21.6 Å². The van der Waals surface area contributed by atoms with Gasteiger partial charge < -0.3 is 20.6 Å². The number of amides is 1. The van der Waals surface area contributed by atoms with Crippen LogP contribution in [0.4, 0.5) is 0 Å². The van der Waals surface area contributed by atoms with E-state index in [2.05, 4.69) is 15.2 Å². The van der Waals surface area contributed by atoms with Crippen molar-refractivity contribution < 1.29 is 9.53 Å². The molecule has 1 unspecified atom stereocenters. The van der Waals surface area contributed by atoms with E-state index < -0.39 is 11.8 Å². The molecule has 0 bridgehead atoms. The third-order valence-corrected chi connectivity index (χ3v) is 4.22. The first-order chi connectivity index (χ1) is 11.9. The van der Waals surface area contributed by atoms with E-state index >= 15 is 0 Å². The van der Waals surface area contributed by atoms with Crippen LogP contribution in [0.25, 0.3) is 10.9 Å². The van der Waals surface area contributed by atoms with Gasteiger partial charge >= 0.3 is 0 Å². The highest BCUT2D eigenvalue weighted by Gasteiger charge is 2.25. The van der Waals surface area contributed by atoms with Crippen molar-refractivity contribution >= 4 is 16.8 Å². The van der Waals surface area contributed by atoms with Gasteiger partial charge in [0.25, 0.3) is 11.1 Å². The Morgan fingerprint density at radius 2 is 1.96 bits per heavy atom. The topological polar surface area (TPSA) is 134 Å². The van der Waals surface area contributed by atoms with Crippen LogP contribution >= 0.6 is 0 Å². The van der Waals surface area contributed by atoms with Crippen LogP contribution in [0.5, 0.6) is 5.75 Å². The molecular formula is C17H18N4O4. The van der Waals surface area contributed by atoms with Gasteiger partial charge in [-0.3, -0.25) is 19.5 Å². The lowest BCUT2D eigenvalue weighted by Crippen LogP contribution is -2.25. The predicted octanol–water partition coefficient (Wildman–Crippen LogP) is 0.869. The van der Waals surface area contributed by atoms with Crippen molar-refractivity contribution in [2.75, 3.05) is 7.11 Å². The molecule has 3 aromatic rings. The molecule has 1 amide bonds. The van der Waals surface area contributed by atoms with E-state index in [0.717, 1.165) is 5.39 Å². The summed E-state index contributed by atoms with van der Waals surface area (Å²) < 4.78 is 5.15. The average molecular weight is 342 g/mol. The highest BCUT2D eigenvalue weighted by molar-refractivity contribution is 5.81. The number of ether oxygens (including phenoxy) is 1. The molecule has 0 saturated heterocycles. The number of benzene rings is 1. The molecule has 8 heteroatoms. The van der Waals surface area contributed by atoms with Crippen LogP contribution in [0, 0.1) is 6.92 Å². The van der Waals surface area contributed by atoms with Crippen molar-refractivity contribution in [3.05, 3.63) is 61.8 Å². The van der Waals surface area contributed by atoms with Gasteiger partial charge in [0.05, 0.1) is 12.6 Å². The first-order valence-corrected chi connectivity index (χ1v) is 7.67. The Morgan fingerprint density at radius 3 is 2.56 bits per heavy atom. The van der Waals surface area contributed by atoms with Gasteiger partial charge in [0.2, 0.25) is 5.91 Å². The van der Waals surface area contributed by atoms with Crippen LogP contribution in [0.1, 0.15) is 29.2 Å². The maximum Gasteiger partial charge on any atom is 0.267 e. The molecule has 130 valence electrons. The second-order valence-electron chi connectivity index (χ2n) is 5.85. The Bertz CT molecular complexity index is 1060. The number of nitrogens with one attached hydrogen (secondary N) is 3. The average Bonchev–Trinajstić information content (AvgIpc) is 2.90. The number of primary amides is 1. The Kier molecular flexibility index (Phi) is 4.18. The zero-order valence-corrected chi connectivity index (χ0v) is 13.8. The molecule has 0 aliphatic heterocycles. The van der Waals surface area contributed by atoms with E-state index in [1.54, 1.807) is 31.2 Å². The van der Waals surface area contributed by atoms with E-state index in [1.807, 2.05) is 0 Å². The van der Waals surface area contributed by atoms with E-state index in [4.69, 9.17) is 10.5 Å². The normalized spacial score (nSPS) is 12.2. The van der Waals surface area contributed by atoms with Crippen molar-refractivity contribution in [1.82, 2.24) is 15.2 Å². The fraction of sp³-hybridized carbons (Fsp3) is 0.235. The van der Waals surface area contributed by atoms with Crippen LogP contribution in [-0.4, -0.2) is 28.2 Å². The molecule has 0 aliphatic rings. The van der Waals surface area contributed by atoms with Gasteiger partial charge in [0.15, 0.2) is 0 Å². The number of aromatic nitrogens is 3. The number of aryl methyl sites for hydroxylation is 1. The van der Waals surface area contributed by atoms with Crippen LogP contribution in [0.15, 0.2) is 33.9 Å². The molecule has 0 spiro atoms. The molecular weight excluding hydrogens is 324 g/mol. The summed E-state index contributed by atoms with van der Waals surface area (Å²) in [6.45, 7) is 1.70. The number of nitrogens with two attached hydrogens (primary N) is 1. The molecule has 1 aromatic carbocycles. The molecule has 0 fully saturated rings. The second-order valence-corrected chi connectivity index (χ2v) is 5.85. The SMILES string of the molecule is COc1ccc2cc(C(CC(N)=O)c3c(C)[nH][nH]c3=O)c(=O)[nH]c2c1. The number of rotatable bonds is 5. The molecule has 8 nitrogen and oxygen atoms in total. The molecule has 0 radical (unpaired) electrons. The number of hydrogen-bond acceptors (Lipinski definition) is 4. The summed E-state index contributed by atoms with van der Waals surface area (Å²) >= 11 is 0. The van der Waals surface area contributed by atoms with Gasteiger partial charge in [0.1, 0.15) is 5.75 Å². The van der Waals surface area contributed by atoms with Crippen molar-refractivity contribution in [2.24, 2.45) is 5.73 Å². The first-order valence-electron chi connectivity index (χ1n) is 7.67. The maximum absolute atomic E-state index is 12.6. The number of carbonyl (C=O) groups excluding carboxylic acids is 1. The lowest BCUT2D eigenvalue weighted by Gasteiger charge is -2.15. The van der Waals surface area contributed by atoms with E-state index in [-0.39, 0.29) is 17.5 Å². The van der Waals surface area contributed by atoms with Gasteiger partial charge in [-0.15, -0.1) is 0 Å². The fourth-order valence-corrected chi connectivity index (χ4v) is 3.03. The molecule has 1 atom stereocenters. The third kappa shape index (κ3) is 3.06. The minimum absolute atomic E-state index is 0.146. The minimum atomic E-state index is -0.734. The summed E-state index contributed by atoms with van der Waals surface area (Å²) in [5, 5.41) is 5.94. The lowest BCUT2D eigenvalue weighted by atomic mass is 9.88. The van der Waals surface area contributed by atoms with E-state index in [1.165, 1.54) is 7.11 Å². The van der Waals surface area contributed by atoms with Crippen LogP contribution in [0.2, 0.25) is 0 Å². The third-order valence-electron chi connectivity index (χ3n) is 4.22. The van der Waals surface area contributed by atoms with Gasteiger partial charge in [-0.05, 0) is 30.5 Å². The van der Waals surface area contributed by atoms with Gasteiger partial charge in [-0.1, -0.05) is 0 Å². The molecule has 0 aliphatic carbocycles. The lowest BCUT2D eigenvalue weighted by molar-refractivity contribution is -0.118. The molecule has 3 rings (SSSR count). The monoisotopic (exact) mass is 342 g/mol. The Hall–Kier alpha value is -3.29. The quantitative estimate of drug-likeness (QED) is 0.547. The predicted molar refractivity (Wildman–Crippen MR) is 92.9 cm³/mol. The zero-order chi connectivity index (χ0) is 18.1. The molecule has 0 saturated carbocycles. The second kappa shape index (κ2) is 6.31. The fourth-order valence-electron chi connectivity index (χ4n) is 3.03. The first kappa shape index (κ1) is 16.6. The summed E-state index contributed by atoms with van der Waals surface area (Å²) in [5.74, 6) is -0.718. The Labute approximate surface area is 142 Å². The van der Waals surface area contributed by atoms with Crippen molar-refractivity contribution in [3.63, 3.8) is 0 Å². The van der Waals surface area contributed by atoms with Crippen LogP contribution in [0.3, 0.4) is 0 Å². The number of fused-ring (bicyclic) bond motifs is 1. The number of methoxy groups -OCH3 is 1. The van der Waals surface area contributed by atoms with Gasteiger partial charge in [-0.25, -0.2) is 0 Å². The summed E-state index contributed by atoms with van der Waals surface area (Å²) in [6, 6.07) is 6.94. The minimum Gasteiger partial charge on any atom is -0.497 e. The van der Waals surface area contributed by atoms with Crippen molar-refractivity contribution in [1.29, 1.82) is 0 Å². The number of pyridine rings is 1. The van der Waals surface area contributed by atoms with Crippen LogP contribution in [-0.2, 0) is 4.79 Å². The maximum atomic E-state index is 12.6. The summed E-state index contributed by atoms with van der Waals surface area (Å²) in [4.78, 5) is 39.0. The number of H-pyrrole nitrogens is 3. The molecule has 2 aromatic heterocycles. The summed E-state index contributed by atoms with van der Waals surface area (Å²) in [7, 11) is 1.54. The summed E-state index contributed by atoms with van der Waals surface area (Å²) in [5.41, 5.74) is 6.39.